The number of hydrogen-bond donors (Lipinski definition) is 2. The Labute approximate surface area is 215 Å². The third-order valence-electron chi connectivity index (χ3n) is 5.98. The predicted molar refractivity (Wildman–Crippen MR) is 133 cm³/mol. The molecule has 0 aromatic heterocycles. The van der Waals surface area contributed by atoms with E-state index < -0.39 is 21.8 Å². The highest BCUT2D eigenvalue weighted by Crippen LogP contribution is 2.40. The van der Waals surface area contributed by atoms with E-state index in [0.29, 0.717) is 12.8 Å². The van der Waals surface area contributed by atoms with Crippen molar-refractivity contribution in [3.05, 3.63) is 67.8 Å². The molecule has 200 valence electrons. The van der Waals surface area contributed by atoms with Gasteiger partial charge in [0.05, 0.1) is 47.3 Å². The minimum absolute atomic E-state index is 0.0172. The van der Waals surface area contributed by atoms with Crippen molar-refractivity contribution in [3.63, 3.8) is 0 Å². The van der Waals surface area contributed by atoms with Crippen LogP contribution in [-0.4, -0.2) is 61.3 Å². The lowest BCUT2D eigenvalue weighted by atomic mass is 10.1. The van der Waals surface area contributed by atoms with Crippen molar-refractivity contribution >= 4 is 34.7 Å². The maximum Gasteiger partial charge on any atom is 0.338 e. The minimum Gasteiger partial charge on any atom is -0.489 e. The number of carbonyl (C=O) groups excluding carboxylic acids is 2. The molecule has 0 bridgehead atoms. The van der Waals surface area contributed by atoms with E-state index in [9.17, 15) is 29.8 Å². The van der Waals surface area contributed by atoms with Crippen LogP contribution in [0.4, 0.5) is 22.7 Å². The Bertz CT molecular complexity index is 1230. The molecule has 14 heteroatoms. The van der Waals surface area contributed by atoms with Gasteiger partial charge in [-0.05, 0) is 25.0 Å². The second-order valence-corrected chi connectivity index (χ2v) is 8.48. The molecule has 0 fully saturated rings. The fourth-order valence-electron chi connectivity index (χ4n) is 4.13. The van der Waals surface area contributed by atoms with Crippen LogP contribution in [0.25, 0.3) is 0 Å². The summed E-state index contributed by atoms with van der Waals surface area (Å²) >= 11 is 0. The molecule has 0 spiro atoms. The first kappa shape index (κ1) is 26.2. The van der Waals surface area contributed by atoms with Gasteiger partial charge in [0.2, 0.25) is 0 Å². The predicted octanol–water partition coefficient (Wildman–Crippen LogP) is 3.46. The smallest absolute Gasteiger partial charge is 0.338 e. The van der Waals surface area contributed by atoms with E-state index in [1.807, 2.05) is 12.2 Å². The Balaban J connectivity index is 1.39. The molecule has 2 heterocycles. The van der Waals surface area contributed by atoms with E-state index in [4.69, 9.17) is 9.47 Å². The molecule has 0 amide bonds. The Morgan fingerprint density at radius 3 is 1.58 bits per heavy atom. The molecule has 2 aromatic carbocycles. The average Bonchev–Trinajstić information content (AvgIpc) is 2.92. The van der Waals surface area contributed by atoms with Crippen molar-refractivity contribution in [1.82, 2.24) is 0 Å². The van der Waals surface area contributed by atoms with Gasteiger partial charge in [-0.2, -0.15) is 0 Å². The van der Waals surface area contributed by atoms with Gasteiger partial charge in [-0.1, -0.05) is 12.2 Å². The van der Waals surface area contributed by atoms with Gasteiger partial charge >= 0.3 is 11.9 Å². The minimum atomic E-state index is -0.707. The zero-order chi connectivity index (χ0) is 27.4. The summed E-state index contributed by atoms with van der Waals surface area (Å²) in [4.78, 5) is 45.6. The zero-order valence-electron chi connectivity index (χ0n) is 20.4. The van der Waals surface area contributed by atoms with Crippen LogP contribution in [0.15, 0.2) is 36.4 Å². The number of methoxy groups -OCH3 is 2. The lowest BCUT2D eigenvalue weighted by Crippen LogP contribution is -2.32. The largest absolute Gasteiger partial charge is 0.489 e. The molecule has 0 saturated carbocycles. The van der Waals surface area contributed by atoms with E-state index in [0.717, 1.165) is 12.1 Å². The van der Waals surface area contributed by atoms with Crippen LogP contribution in [0.2, 0.25) is 0 Å². The molecular formula is C24H24N4O10. The molecule has 2 aliphatic rings. The van der Waals surface area contributed by atoms with E-state index in [1.54, 1.807) is 0 Å². The number of hydrogen-bond acceptors (Lipinski definition) is 12. The first-order valence-electron chi connectivity index (χ1n) is 11.5. The molecule has 2 aliphatic heterocycles. The molecule has 4 rings (SSSR count). The van der Waals surface area contributed by atoms with E-state index in [-0.39, 0.29) is 70.7 Å². The molecule has 2 atom stereocenters. The highest BCUT2D eigenvalue weighted by molar-refractivity contribution is 5.93. The Kier molecular flexibility index (Phi) is 7.60. The van der Waals surface area contributed by atoms with Gasteiger partial charge in [0, 0.05) is 12.1 Å². The lowest BCUT2D eigenvalue weighted by Gasteiger charge is -2.27. The van der Waals surface area contributed by atoms with Gasteiger partial charge in [-0.25, -0.2) is 9.59 Å². The number of nitrogens with one attached hydrogen (secondary N) is 2. The standard InChI is InChI=1S/C24H24N4O10/c1-35-23(29)13-7-17(27(31)32)21-19(9-13)37-11-15(25-21)5-3-4-6-16-12-38-20-10-14(24(30)36-2)8-18(28(33)34)22(20)26-16/h3-4,7-10,15-16,25-26H,5-6,11-12H2,1-2H3/b4-3-/t15-,16-/m0/s1. The van der Waals surface area contributed by atoms with Crippen LogP contribution in [-0.2, 0) is 9.47 Å². The Morgan fingerprint density at radius 1 is 0.842 bits per heavy atom. The second kappa shape index (κ2) is 11.0. The molecule has 0 unspecified atom stereocenters. The zero-order valence-corrected chi connectivity index (χ0v) is 20.4. The summed E-state index contributed by atoms with van der Waals surface area (Å²) in [5, 5.41) is 29.3. The summed E-state index contributed by atoms with van der Waals surface area (Å²) < 4.78 is 20.6. The van der Waals surface area contributed by atoms with Crippen LogP contribution < -0.4 is 20.1 Å². The molecule has 14 nitrogen and oxygen atoms in total. The first-order valence-corrected chi connectivity index (χ1v) is 11.5. The average molecular weight is 528 g/mol. The Hall–Kier alpha value is -4.88. The van der Waals surface area contributed by atoms with Gasteiger partial charge < -0.3 is 29.6 Å². The van der Waals surface area contributed by atoms with Gasteiger partial charge in [0.15, 0.2) is 11.4 Å². The van der Waals surface area contributed by atoms with Crippen molar-refractivity contribution in [2.75, 3.05) is 38.1 Å². The third kappa shape index (κ3) is 5.43. The van der Waals surface area contributed by atoms with Crippen LogP contribution in [0, 0.1) is 20.2 Å². The summed E-state index contributed by atoms with van der Waals surface area (Å²) in [6.45, 7) is 0.429. The van der Waals surface area contributed by atoms with E-state index in [1.165, 1.54) is 26.4 Å². The summed E-state index contributed by atoms with van der Waals surface area (Å²) in [5.74, 6) is -1.03. The fourth-order valence-corrected chi connectivity index (χ4v) is 4.13. The molecule has 2 N–H and O–H groups in total. The van der Waals surface area contributed by atoms with Crippen molar-refractivity contribution in [2.24, 2.45) is 0 Å². The lowest BCUT2D eigenvalue weighted by molar-refractivity contribution is -0.384. The number of anilines is 2. The van der Waals surface area contributed by atoms with E-state index in [2.05, 4.69) is 20.1 Å². The maximum absolute atomic E-state index is 11.8. The summed E-state index contributed by atoms with van der Waals surface area (Å²) in [6.07, 6.45) is 4.68. The van der Waals surface area contributed by atoms with Crippen molar-refractivity contribution in [2.45, 2.75) is 24.9 Å². The molecule has 2 aromatic rings. The molecule has 0 aliphatic carbocycles. The van der Waals surface area contributed by atoms with Crippen LogP contribution in [0.5, 0.6) is 11.5 Å². The molecule has 0 saturated heterocycles. The number of rotatable bonds is 8. The number of nitro benzene ring substituents is 2. The topological polar surface area (TPSA) is 181 Å². The number of ether oxygens (including phenoxy) is 4. The van der Waals surface area contributed by atoms with Crippen LogP contribution >= 0.6 is 0 Å². The molecular weight excluding hydrogens is 504 g/mol. The summed E-state index contributed by atoms with van der Waals surface area (Å²) in [6, 6.07) is 4.53. The number of benzene rings is 2. The normalized spacial score (nSPS) is 17.5. The fraction of sp³-hybridized carbons (Fsp3) is 0.333. The summed E-state index contributed by atoms with van der Waals surface area (Å²) in [7, 11) is 2.37. The first-order chi connectivity index (χ1) is 18.2. The van der Waals surface area contributed by atoms with Crippen molar-refractivity contribution in [3.8, 4) is 11.5 Å². The number of carbonyl (C=O) groups is 2. The van der Waals surface area contributed by atoms with Gasteiger partial charge in [0.1, 0.15) is 24.7 Å². The van der Waals surface area contributed by atoms with Crippen molar-refractivity contribution < 1.29 is 38.4 Å². The highest BCUT2D eigenvalue weighted by Gasteiger charge is 2.30. The number of esters is 2. The second-order valence-electron chi connectivity index (χ2n) is 8.48. The monoisotopic (exact) mass is 528 g/mol. The molecule has 0 radical (unpaired) electrons. The van der Waals surface area contributed by atoms with Gasteiger partial charge in [-0.3, -0.25) is 20.2 Å². The summed E-state index contributed by atoms with van der Waals surface area (Å²) in [5.41, 5.74) is -0.187. The highest BCUT2D eigenvalue weighted by atomic mass is 16.6. The quantitative estimate of drug-likeness (QED) is 0.221. The maximum atomic E-state index is 11.8. The van der Waals surface area contributed by atoms with Gasteiger partial charge in [-0.15, -0.1) is 0 Å². The van der Waals surface area contributed by atoms with Crippen LogP contribution in [0.1, 0.15) is 33.6 Å². The van der Waals surface area contributed by atoms with Crippen LogP contribution in [0.3, 0.4) is 0 Å². The third-order valence-corrected chi connectivity index (χ3v) is 5.98. The SMILES string of the molecule is COC(=O)c1cc2c(c([N+](=O)[O-])c1)N[C@@H](C/C=C\C[C@H]1COc3cc(C(=O)OC)cc([N+](=O)[O-])c3N1)CO2. The number of fused-ring (bicyclic) bond motifs is 2. The number of nitrogens with zero attached hydrogens (tertiary/aromatic N) is 2. The van der Waals surface area contributed by atoms with E-state index >= 15 is 0 Å². The van der Waals surface area contributed by atoms with Crippen molar-refractivity contribution in [1.29, 1.82) is 0 Å². The van der Waals surface area contributed by atoms with Gasteiger partial charge in [0.25, 0.3) is 11.4 Å². The number of nitro groups is 2. The molecule has 38 heavy (non-hydrogen) atoms. The Morgan fingerprint density at radius 2 is 1.24 bits per heavy atom.